The van der Waals surface area contributed by atoms with Gasteiger partial charge in [0.15, 0.2) is 0 Å². The van der Waals surface area contributed by atoms with Crippen LogP contribution in [0.4, 0.5) is 0 Å². The summed E-state index contributed by atoms with van der Waals surface area (Å²) in [6.45, 7) is 8.82. The van der Waals surface area contributed by atoms with Crippen LogP contribution in [0.5, 0.6) is 0 Å². The molecule has 0 aliphatic rings. The number of benzene rings is 1. The molecule has 0 saturated carbocycles. The maximum Gasteiger partial charge on any atom is 0.0320 e. The maximum absolute atomic E-state index is 6.18. The average molecular weight is 242 g/mol. The highest BCUT2D eigenvalue weighted by Crippen LogP contribution is 2.23. The van der Waals surface area contributed by atoms with Gasteiger partial charge >= 0.3 is 0 Å². The van der Waals surface area contributed by atoms with Gasteiger partial charge in [-0.15, -0.1) is 12.4 Å². The lowest BCUT2D eigenvalue weighted by Gasteiger charge is -2.19. The van der Waals surface area contributed by atoms with Crippen molar-refractivity contribution in [3.8, 4) is 0 Å². The molecule has 1 unspecified atom stereocenters. The highest BCUT2D eigenvalue weighted by molar-refractivity contribution is 5.85. The molecule has 2 heteroatoms. The zero-order valence-corrected chi connectivity index (χ0v) is 11.6. The zero-order valence-electron chi connectivity index (χ0n) is 10.7. The van der Waals surface area contributed by atoms with E-state index in [1.54, 1.807) is 0 Å². The number of nitrogens with two attached hydrogens (primary N) is 1. The Morgan fingerprint density at radius 2 is 1.44 bits per heavy atom. The van der Waals surface area contributed by atoms with Crippen molar-refractivity contribution in [2.75, 3.05) is 0 Å². The lowest BCUT2D eigenvalue weighted by Crippen LogP contribution is -2.18. The predicted octanol–water partition coefficient (Wildman–Crippen LogP) is 4.28. The Morgan fingerprint density at radius 1 is 1.00 bits per heavy atom. The first-order chi connectivity index (χ1) is 7.06. The molecule has 16 heavy (non-hydrogen) atoms. The molecule has 1 aromatic carbocycles. The summed E-state index contributed by atoms with van der Waals surface area (Å²) in [5.74, 6) is 1.15. The van der Waals surface area contributed by atoms with E-state index in [0.29, 0.717) is 11.8 Å². The van der Waals surface area contributed by atoms with Crippen LogP contribution in [0, 0.1) is 5.92 Å². The topological polar surface area (TPSA) is 26.0 Å². The van der Waals surface area contributed by atoms with Crippen LogP contribution in [-0.2, 0) is 0 Å². The van der Waals surface area contributed by atoms with Gasteiger partial charge in [-0.05, 0) is 23.0 Å². The van der Waals surface area contributed by atoms with Crippen LogP contribution >= 0.6 is 12.4 Å². The second-order valence-corrected chi connectivity index (χ2v) is 4.73. The van der Waals surface area contributed by atoms with Gasteiger partial charge in [-0.25, -0.2) is 0 Å². The van der Waals surface area contributed by atoms with Gasteiger partial charge in [0.2, 0.25) is 0 Å². The van der Waals surface area contributed by atoms with Crippen molar-refractivity contribution < 1.29 is 0 Å². The standard InChI is InChI=1S/C14H23N.ClH/c1-5-11(4)14(15)13-8-6-12(7-9-13)10(2)3;/h6-11,14H,5,15H2,1-4H3;1H/t11?,14-;/m0./s1. The molecule has 0 heterocycles. The van der Waals surface area contributed by atoms with E-state index in [9.17, 15) is 0 Å². The molecule has 92 valence electrons. The molecule has 2 atom stereocenters. The van der Waals surface area contributed by atoms with Crippen molar-refractivity contribution in [2.45, 2.75) is 46.1 Å². The molecule has 2 N–H and O–H groups in total. The molecule has 0 spiro atoms. The van der Waals surface area contributed by atoms with Crippen molar-refractivity contribution >= 4 is 12.4 Å². The number of hydrogen-bond acceptors (Lipinski definition) is 1. The summed E-state index contributed by atoms with van der Waals surface area (Å²) in [5.41, 5.74) is 8.82. The van der Waals surface area contributed by atoms with Crippen LogP contribution in [0.15, 0.2) is 24.3 Å². The summed E-state index contributed by atoms with van der Waals surface area (Å²) in [5, 5.41) is 0. The first-order valence-corrected chi connectivity index (χ1v) is 5.91. The van der Waals surface area contributed by atoms with E-state index in [1.165, 1.54) is 11.1 Å². The minimum absolute atomic E-state index is 0. The van der Waals surface area contributed by atoms with Crippen molar-refractivity contribution in [1.82, 2.24) is 0 Å². The SMILES string of the molecule is CCC(C)[C@H](N)c1ccc(C(C)C)cc1.Cl. The molecule has 0 radical (unpaired) electrons. The Hall–Kier alpha value is -0.530. The van der Waals surface area contributed by atoms with Gasteiger partial charge in [-0.2, -0.15) is 0 Å². The van der Waals surface area contributed by atoms with Crippen LogP contribution in [0.2, 0.25) is 0 Å². The van der Waals surface area contributed by atoms with Crippen molar-refractivity contribution in [3.63, 3.8) is 0 Å². The summed E-state index contributed by atoms with van der Waals surface area (Å²) >= 11 is 0. The van der Waals surface area contributed by atoms with E-state index in [2.05, 4.69) is 52.0 Å². The van der Waals surface area contributed by atoms with Crippen molar-refractivity contribution in [3.05, 3.63) is 35.4 Å². The summed E-state index contributed by atoms with van der Waals surface area (Å²) < 4.78 is 0. The van der Waals surface area contributed by atoms with Gasteiger partial charge in [0.05, 0.1) is 0 Å². The highest BCUT2D eigenvalue weighted by atomic mass is 35.5. The van der Waals surface area contributed by atoms with E-state index in [0.717, 1.165) is 6.42 Å². The Bertz CT molecular complexity index is 292. The Kier molecular flexibility index (Phi) is 6.70. The molecule has 1 aromatic rings. The summed E-state index contributed by atoms with van der Waals surface area (Å²) in [7, 11) is 0. The fourth-order valence-corrected chi connectivity index (χ4v) is 1.69. The van der Waals surface area contributed by atoms with Crippen molar-refractivity contribution in [2.24, 2.45) is 11.7 Å². The van der Waals surface area contributed by atoms with Gasteiger partial charge in [-0.1, -0.05) is 58.4 Å². The lowest BCUT2D eigenvalue weighted by atomic mass is 9.92. The van der Waals surface area contributed by atoms with E-state index in [-0.39, 0.29) is 18.4 Å². The van der Waals surface area contributed by atoms with Crippen LogP contribution < -0.4 is 5.73 Å². The van der Waals surface area contributed by atoms with E-state index >= 15 is 0 Å². The molecular formula is C14H24ClN. The Morgan fingerprint density at radius 3 is 1.81 bits per heavy atom. The summed E-state index contributed by atoms with van der Waals surface area (Å²) in [4.78, 5) is 0. The quantitative estimate of drug-likeness (QED) is 0.837. The van der Waals surface area contributed by atoms with Crippen LogP contribution in [0.1, 0.15) is 57.2 Å². The summed E-state index contributed by atoms with van der Waals surface area (Å²) in [6, 6.07) is 8.92. The average Bonchev–Trinajstić information content (AvgIpc) is 2.27. The highest BCUT2D eigenvalue weighted by Gasteiger charge is 2.12. The van der Waals surface area contributed by atoms with Crippen LogP contribution in [-0.4, -0.2) is 0 Å². The first kappa shape index (κ1) is 15.5. The second-order valence-electron chi connectivity index (χ2n) is 4.73. The largest absolute Gasteiger partial charge is 0.324 e. The third kappa shape index (κ3) is 3.80. The van der Waals surface area contributed by atoms with E-state index in [1.807, 2.05) is 0 Å². The van der Waals surface area contributed by atoms with E-state index < -0.39 is 0 Å². The minimum atomic E-state index is 0. The predicted molar refractivity (Wildman–Crippen MR) is 74.2 cm³/mol. The monoisotopic (exact) mass is 241 g/mol. The smallest absolute Gasteiger partial charge is 0.0320 e. The van der Waals surface area contributed by atoms with Crippen molar-refractivity contribution in [1.29, 1.82) is 0 Å². The number of halogens is 1. The molecular weight excluding hydrogens is 218 g/mol. The Labute approximate surface area is 106 Å². The minimum Gasteiger partial charge on any atom is -0.324 e. The maximum atomic E-state index is 6.18. The fraction of sp³-hybridized carbons (Fsp3) is 0.571. The summed E-state index contributed by atoms with van der Waals surface area (Å²) in [6.07, 6.45) is 1.13. The van der Waals surface area contributed by atoms with Gasteiger partial charge in [0.25, 0.3) is 0 Å². The molecule has 1 nitrogen and oxygen atoms in total. The number of hydrogen-bond donors (Lipinski definition) is 1. The van der Waals surface area contributed by atoms with E-state index in [4.69, 9.17) is 5.73 Å². The molecule has 0 aliphatic heterocycles. The molecule has 1 rings (SSSR count). The second kappa shape index (κ2) is 6.93. The van der Waals surface area contributed by atoms with Crippen LogP contribution in [0.3, 0.4) is 0 Å². The molecule has 0 amide bonds. The number of rotatable bonds is 4. The normalized spacial score (nSPS) is 14.4. The third-order valence-corrected chi connectivity index (χ3v) is 3.25. The van der Waals surface area contributed by atoms with Gasteiger partial charge < -0.3 is 5.73 Å². The van der Waals surface area contributed by atoms with Gasteiger partial charge in [0.1, 0.15) is 0 Å². The molecule has 0 saturated heterocycles. The fourth-order valence-electron chi connectivity index (χ4n) is 1.69. The molecule has 0 fully saturated rings. The molecule has 0 bridgehead atoms. The molecule has 0 aromatic heterocycles. The Balaban J connectivity index is 0.00000225. The zero-order chi connectivity index (χ0) is 11.4. The first-order valence-electron chi connectivity index (χ1n) is 5.91. The lowest BCUT2D eigenvalue weighted by molar-refractivity contribution is 0.457. The van der Waals surface area contributed by atoms with Gasteiger partial charge in [0, 0.05) is 6.04 Å². The molecule has 0 aliphatic carbocycles. The third-order valence-electron chi connectivity index (χ3n) is 3.25. The van der Waals surface area contributed by atoms with Crippen LogP contribution in [0.25, 0.3) is 0 Å². The van der Waals surface area contributed by atoms with Gasteiger partial charge in [-0.3, -0.25) is 0 Å².